The number of aromatic amines is 2. The molecular formula is C74H114N4O3. The zero-order chi connectivity index (χ0) is 56.5. The fraction of sp³-hybridized carbons (Fsp3) is 0.649. The molecule has 0 radical (unpaired) electrons. The number of fused-ring (bicyclic) bond motifs is 8. The van der Waals surface area contributed by atoms with Gasteiger partial charge in [-0.15, -0.1) is 0 Å². The fourth-order valence-corrected chi connectivity index (χ4v) is 11.8. The summed E-state index contributed by atoms with van der Waals surface area (Å²) < 4.78 is 21.0. The monoisotopic (exact) mass is 1110 g/mol. The van der Waals surface area contributed by atoms with Crippen LogP contribution in [-0.2, 0) is 0 Å². The van der Waals surface area contributed by atoms with Gasteiger partial charge in [-0.1, -0.05) is 271 Å². The molecule has 4 aromatic rings. The smallest absolute Gasteiger partial charge is 0.204 e. The highest BCUT2D eigenvalue weighted by Gasteiger charge is 2.23. The summed E-state index contributed by atoms with van der Waals surface area (Å²) >= 11 is 0. The molecule has 5 heterocycles. The average Bonchev–Trinajstić information content (AvgIpc) is 4.49. The molecule has 2 aliphatic heterocycles. The number of nitrogens with one attached hydrogen (secondary N) is 2. The van der Waals surface area contributed by atoms with Gasteiger partial charge in [-0.25, -0.2) is 9.97 Å². The Hall–Kier alpha value is -4.78. The Morgan fingerprint density at radius 3 is 1.06 bits per heavy atom. The molecule has 0 fully saturated rings. The van der Waals surface area contributed by atoms with Gasteiger partial charge in [0.15, 0.2) is 11.5 Å². The van der Waals surface area contributed by atoms with Gasteiger partial charge in [0.1, 0.15) is 0 Å². The largest absolute Gasteiger partial charge is 0.490 e. The number of nitrogens with zero attached hydrogens (tertiary/aromatic N) is 2. The molecule has 0 unspecified atom stereocenters. The fourth-order valence-electron chi connectivity index (χ4n) is 11.8. The number of rotatable bonds is 49. The van der Waals surface area contributed by atoms with Gasteiger partial charge in [-0.2, -0.15) is 0 Å². The molecule has 81 heavy (non-hydrogen) atoms. The van der Waals surface area contributed by atoms with E-state index >= 15 is 0 Å². The second-order valence-corrected chi connectivity index (χ2v) is 24.2. The minimum Gasteiger partial charge on any atom is -0.490 e. The molecule has 0 saturated heterocycles. The van der Waals surface area contributed by atoms with E-state index in [1.54, 1.807) is 0 Å². The van der Waals surface area contributed by atoms with Crippen molar-refractivity contribution in [1.82, 2.24) is 19.9 Å². The summed E-state index contributed by atoms with van der Waals surface area (Å²) in [4.78, 5) is 17.6. The molecule has 0 spiro atoms. The molecule has 448 valence electrons. The van der Waals surface area contributed by atoms with Crippen LogP contribution in [0.1, 0.15) is 313 Å². The molecule has 2 N–H and O–H groups in total. The van der Waals surface area contributed by atoms with Crippen LogP contribution >= 0.6 is 0 Å². The molecule has 0 atom stereocenters. The molecule has 7 heteroatoms. The van der Waals surface area contributed by atoms with Crippen molar-refractivity contribution in [1.29, 1.82) is 0 Å². The summed E-state index contributed by atoms with van der Waals surface area (Å²) in [6.07, 6.45) is 64.3. The summed E-state index contributed by atoms with van der Waals surface area (Å²) in [7, 11) is 0. The lowest BCUT2D eigenvalue weighted by atomic mass is 10.0. The first-order chi connectivity index (χ1) is 40.1. The van der Waals surface area contributed by atoms with Crippen LogP contribution in [0.2, 0.25) is 0 Å². The molecule has 0 saturated carbocycles. The van der Waals surface area contributed by atoms with Gasteiger partial charge in [0.25, 0.3) is 0 Å². The van der Waals surface area contributed by atoms with Gasteiger partial charge in [-0.3, -0.25) is 0 Å². The highest BCUT2D eigenvalue weighted by Crippen LogP contribution is 2.47. The van der Waals surface area contributed by atoms with Crippen molar-refractivity contribution in [2.75, 3.05) is 19.8 Å². The number of hydrogen-bond donors (Lipinski definition) is 2. The van der Waals surface area contributed by atoms with E-state index < -0.39 is 0 Å². The molecule has 0 amide bonds. The van der Waals surface area contributed by atoms with Crippen LogP contribution in [0.25, 0.3) is 57.5 Å². The Morgan fingerprint density at radius 1 is 0.309 bits per heavy atom. The molecule has 6 rings (SSSR count). The normalized spacial score (nSPS) is 12.0. The van der Waals surface area contributed by atoms with E-state index in [9.17, 15) is 0 Å². The number of aromatic nitrogens is 4. The molecular weight excluding hydrogens is 993 g/mol. The van der Waals surface area contributed by atoms with E-state index in [0.717, 1.165) is 105 Å². The van der Waals surface area contributed by atoms with Gasteiger partial charge in [-0.05, 0) is 98.2 Å². The predicted octanol–water partition coefficient (Wildman–Crippen LogP) is 23.9. The SMILES string of the molecule is CCCCCCCCCCCCCCCCOc1ccc(-c2c3nc(cc4ccc(cc5nc(cc6ccc2[nH]6)C=C5)[nH]4)C=C3)c(OCCCCCCCCCCCCCCCC)c1OCCCCCCCCCCCCCCCC. The second kappa shape index (κ2) is 42.1. The van der Waals surface area contributed by atoms with E-state index in [1.165, 1.54) is 238 Å². The third-order valence-electron chi connectivity index (χ3n) is 16.8. The molecule has 2 aliphatic rings. The number of H-pyrrole nitrogens is 2. The van der Waals surface area contributed by atoms with Gasteiger partial charge in [0, 0.05) is 33.2 Å². The van der Waals surface area contributed by atoms with E-state index in [1.807, 2.05) is 0 Å². The number of unbranched alkanes of at least 4 members (excludes halogenated alkanes) is 39. The van der Waals surface area contributed by atoms with Crippen LogP contribution in [0, 0.1) is 0 Å². The minimum absolute atomic E-state index is 0.615. The quantitative estimate of drug-likeness (QED) is 0.0372. The first kappa shape index (κ1) is 65.4. The number of hydrogen-bond acceptors (Lipinski definition) is 5. The lowest BCUT2D eigenvalue weighted by Gasteiger charge is -2.21. The Labute approximate surface area is 494 Å². The number of ether oxygens (including phenoxy) is 3. The minimum atomic E-state index is 0.615. The van der Waals surface area contributed by atoms with Crippen LogP contribution in [0.15, 0.2) is 54.6 Å². The molecule has 3 aromatic heterocycles. The van der Waals surface area contributed by atoms with Crippen LogP contribution in [0.4, 0.5) is 0 Å². The van der Waals surface area contributed by atoms with Gasteiger partial charge < -0.3 is 24.2 Å². The third kappa shape index (κ3) is 26.6. The molecule has 8 bridgehead atoms. The topological polar surface area (TPSA) is 85.1 Å². The van der Waals surface area contributed by atoms with Crippen LogP contribution in [-0.4, -0.2) is 39.8 Å². The van der Waals surface area contributed by atoms with E-state index in [-0.39, 0.29) is 0 Å². The third-order valence-corrected chi connectivity index (χ3v) is 16.8. The standard InChI is InChI=1S/C74H114N4O3/c1-4-7-10-13-16-19-22-25-28-31-34-37-40-43-56-79-71-55-52-68(72-69-53-50-66(77-69)60-64-48-46-62(75-64)59-63-47-49-65(76-63)61-67-51-54-70(72)78-67)73(80-57-44-41-38-35-32-29-26-23-20-17-14-11-8-5-2)74(71)81-58-45-42-39-36-33-30-27-24-21-18-15-12-9-6-3/h46-55,59-61,75,78H,4-45,56-58H2,1-3H3. The van der Waals surface area contributed by atoms with E-state index in [0.29, 0.717) is 19.8 Å². The Bertz CT molecular complexity index is 2500. The lowest BCUT2D eigenvalue weighted by molar-refractivity contribution is 0.235. The van der Waals surface area contributed by atoms with E-state index in [4.69, 9.17) is 24.2 Å². The maximum absolute atomic E-state index is 7.15. The van der Waals surface area contributed by atoms with Crippen molar-refractivity contribution in [2.24, 2.45) is 0 Å². The van der Waals surface area contributed by atoms with E-state index in [2.05, 4.69) is 110 Å². The first-order valence-corrected chi connectivity index (χ1v) is 34.3. The highest BCUT2D eigenvalue weighted by molar-refractivity contribution is 5.94. The second-order valence-electron chi connectivity index (χ2n) is 24.2. The lowest BCUT2D eigenvalue weighted by Crippen LogP contribution is -2.07. The molecule has 0 aliphatic carbocycles. The maximum atomic E-state index is 7.15. The van der Waals surface area contributed by atoms with Crippen molar-refractivity contribution < 1.29 is 14.2 Å². The van der Waals surface area contributed by atoms with Crippen molar-refractivity contribution >= 4 is 46.4 Å². The summed E-state index contributed by atoms with van der Waals surface area (Å²) in [5.41, 5.74) is 9.49. The van der Waals surface area contributed by atoms with Gasteiger partial charge >= 0.3 is 0 Å². The maximum Gasteiger partial charge on any atom is 0.204 e. The summed E-state index contributed by atoms with van der Waals surface area (Å²) in [6.45, 7) is 8.82. The van der Waals surface area contributed by atoms with Gasteiger partial charge in [0.2, 0.25) is 5.75 Å². The van der Waals surface area contributed by atoms with Crippen molar-refractivity contribution in [3.8, 4) is 28.4 Å². The zero-order valence-electron chi connectivity index (χ0n) is 51.9. The van der Waals surface area contributed by atoms with Crippen LogP contribution in [0.3, 0.4) is 0 Å². The van der Waals surface area contributed by atoms with Crippen LogP contribution in [0.5, 0.6) is 17.2 Å². The summed E-state index contributed by atoms with van der Waals surface area (Å²) in [5, 5.41) is 0. The summed E-state index contributed by atoms with van der Waals surface area (Å²) in [6, 6.07) is 19.2. The predicted molar refractivity (Wildman–Crippen MR) is 352 cm³/mol. The number of benzene rings is 1. The Kier molecular flexibility index (Phi) is 34.0. The molecule has 1 aromatic carbocycles. The highest BCUT2D eigenvalue weighted by atomic mass is 16.5. The van der Waals surface area contributed by atoms with Crippen LogP contribution < -0.4 is 14.2 Å². The first-order valence-electron chi connectivity index (χ1n) is 34.3. The Balaban J connectivity index is 1.18. The van der Waals surface area contributed by atoms with Crippen molar-refractivity contribution in [3.63, 3.8) is 0 Å². The summed E-state index contributed by atoms with van der Waals surface area (Å²) in [5.74, 6) is 2.28. The van der Waals surface area contributed by atoms with Crippen molar-refractivity contribution in [2.45, 2.75) is 290 Å². The van der Waals surface area contributed by atoms with Gasteiger partial charge in [0.05, 0.1) is 42.6 Å². The zero-order valence-corrected chi connectivity index (χ0v) is 51.9. The molecule has 7 nitrogen and oxygen atoms in total. The average molecular weight is 1110 g/mol. The Morgan fingerprint density at radius 2 is 0.642 bits per heavy atom. The van der Waals surface area contributed by atoms with Crippen molar-refractivity contribution in [3.05, 3.63) is 77.4 Å².